The Morgan fingerprint density at radius 1 is 1.31 bits per heavy atom. The zero-order valence-electron chi connectivity index (χ0n) is 13.8. The number of nitrogens with zero attached hydrogens (tertiary/aromatic N) is 4. The molecule has 3 N–H and O–H groups in total. The molecule has 1 unspecified atom stereocenters. The van der Waals surface area contributed by atoms with Crippen molar-refractivity contribution in [1.82, 2.24) is 24.4 Å². The SMILES string of the molecule is O=C(O)N1CCCC1Cn1c(=O)[nH]c2ncc(-c3ccc(O)cc3)nc21. The van der Waals surface area contributed by atoms with Crippen LogP contribution in [0.1, 0.15) is 12.8 Å². The molecule has 2 aromatic heterocycles. The molecule has 9 nitrogen and oxygen atoms in total. The molecule has 1 saturated heterocycles. The summed E-state index contributed by atoms with van der Waals surface area (Å²) in [6, 6.07) is 6.26. The highest BCUT2D eigenvalue weighted by atomic mass is 16.4. The summed E-state index contributed by atoms with van der Waals surface area (Å²) in [6.07, 6.45) is 2.06. The fourth-order valence-electron chi connectivity index (χ4n) is 3.35. The van der Waals surface area contributed by atoms with E-state index in [-0.39, 0.29) is 24.0 Å². The lowest BCUT2D eigenvalue weighted by Gasteiger charge is -2.21. The maximum absolute atomic E-state index is 12.3. The molecule has 134 valence electrons. The van der Waals surface area contributed by atoms with Crippen molar-refractivity contribution in [2.45, 2.75) is 25.4 Å². The van der Waals surface area contributed by atoms with Crippen LogP contribution in [-0.2, 0) is 6.54 Å². The second kappa shape index (κ2) is 6.17. The number of H-pyrrole nitrogens is 1. The van der Waals surface area contributed by atoms with E-state index in [0.29, 0.717) is 30.0 Å². The van der Waals surface area contributed by atoms with Gasteiger partial charge < -0.3 is 15.1 Å². The molecule has 0 saturated carbocycles. The fourth-order valence-corrected chi connectivity index (χ4v) is 3.35. The van der Waals surface area contributed by atoms with Crippen molar-refractivity contribution in [2.24, 2.45) is 0 Å². The summed E-state index contributed by atoms with van der Waals surface area (Å²) >= 11 is 0. The van der Waals surface area contributed by atoms with Gasteiger partial charge in [-0.15, -0.1) is 0 Å². The van der Waals surface area contributed by atoms with E-state index in [2.05, 4.69) is 15.0 Å². The topological polar surface area (TPSA) is 124 Å². The van der Waals surface area contributed by atoms with Crippen LogP contribution in [0.25, 0.3) is 22.6 Å². The lowest BCUT2D eigenvalue weighted by Crippen LogP contribution is -2.38. The number of rotatable bonds is 3. The van der Waals surface area contributed by atoms with Crippen LogP contribution in [0.15, 0.2) is 35.3 Å². The summed E-state index contributed by atoms with van der Waals surface area (Å²) in [4.78, 5) is 36.5. The first-order chi connectivity index (χ1) is 12.5. The summed E-state index contributed by atoms with van der Waals surface area (Å²) in [6.45, 7) is 0.709. The number of benzene rings is 1. The summed E-state index contributed by atoms with van der Waals surface area (Å²) in [7, 11) is 0. The van der Waals surface area contributed by atoms with Gasteiger partial charge in [-0.2, -0.15) is 0 Å². The van der Waals surface area contributed by atoms with Gasteiger partial charge in [-0.05, 0) is 37.1 Å². The van der Waals surface area contributed by atoms with E-state index in [1.54, 1.807) is 30.5 Å². The lowest BCUT2D eigenvalue weighted by molar-refractivity contribution is 0.136. The number of phenolic OH excluding ortho intramolecular Hbond substituents is 1. The van der Waals surface area contributed by atoms with Crippen LogP contribution in [0, 0.1) is 0 Å². The Morgan fingerprint density at radius 3 is 2.81 bits per heavy atom. The fraction of sp³-hybridized carbons (Fsp3) is 0.294. The van der Waals surface area contributed by atoms with Crippen LogP contribution in [0.2, 0.25) is 0 Å². The number of fused-ring (bicyclic) bond motifs is 1. The number of carboxylic acid groups (broad SMARTS) is 1. The summed E-state index contributed by atoms with van der Waals surface area (Å²) in [5.41, 5.74) is 1.70. The maximum Gasteiger partial charge on any atom is 0.407 e. The molecule has 3 aromatic rings. The first-order valence-electron chi connectivity index (χ1n) is 8.27. The number of aromatic amines is 1. The van der Waals surface area contributed by atoms with E-state index in [4.69, 9.17) is 0 Å². The molecule has 9 heteroatoms. The first-order valence-corrected chi connectivity index (χ1v) is 8.27. The van der Waals surface area contributed by atoms with Crippen LogP contribution < -0.4 is 5.69 Å². The second-order valence-corrected chi connectivity index (χ2v) is 6.29. The van der Waals surface area contributed by atoms with Gasteiger partial charge in [0.15, 0.2) is 11.3 Å². The largest absolute Gasteiger partial charge is 0.508 e. The normalized spacial score (nSPS) is 17.1. The standard InChI is InChI=1S/C17H17N5O4/c23-12-5-3-10(4-6-12)13-8-18-14-15(19-13)22(16(24)20-14)9-11-2-1-7-21(11)17(25)26/h3-6,8,11,23H,1-2,7,9H2,(H,25,26)(H,18,20,24). The van der Waals surface area contributed by atoms with E-state index in [0.717, 1.165) is 12.0 Å². The number of carbonyl (C=O) groups is 1. The Labute approximate surface area is 147 Å². The van der Waals surface area contributed by atoms with Crippen molar-refractivity contribution in [3.63, 3.8) is 0 Å². The Kier molecular flexibility index (Phi) is 3.83. The average Bonchev–Trinajstić information content (AvgIpc) is 3.20. The average molecular weight is 355 g/mol. The molecule has 0 radical (unpaired) electrons. The molecule has 0 bridgehead atoms. The van der Waals surface area contributed by atoms with E-state index < -0.39 is 6.09 Å². The minimum atomic E-state index is -0.976. The van der Waals surface area contributed by atoms with Gasteiger partial charge in [0, 0.05) is 18.7 Å². The predicted octanol–water partition coefficient (Wildman–Crippen LogP) is 1.63. The molecule has 0 aliphatic carbocycles. The Hall–Kier alpha value is -3.36. The molecule has 1 aromatic carbocycles. The van der Waals surface area contributed by atoms with Crippen molar-refractivity contribution < 1.29 is 15.0 Å². The van der Waals surface area contributed by atoms with Gasteiger partial charge in [-0.25, -0.2) is 19.6 Å². The van der Waals surface area contributed by atoms with Gasteiger partial charge in [-0.1, -0.05) is 0 Å². The van der Waals surface area contributed by atoms with Crippen LogP contribution in [0.5, 0.6) is 5.75 Å². The molecule has 1 fully saturated rings. The molecule has 1 aliphatic rings. The van der Waals surface area contributed by atoms with Gasteiger partial charge in [0.2, 0.25) is 0 Å². The van der Waals surface area contributed by atoms with Gasteiger partial charge in [-0.3, -0.25) is 9.55 Å². The van der Waals surface area contributed by atoms with Crippen LogP contribution in [0.3, 0.4) is 0 Å². The minimum Gasteiger partial charge on any atom is -0.508 e. The van der Waals surface area contributed by atoms with E-state index in [1.807, 2.05) is 0 Å². The number of hydrogen-bond acceptors (Lipinski definition) is 5. The van der Waals surface area contributed by atoms with E-state index in [9.17, 15) is 19.8 Å². The third-order valence-corrected chi connectivity index (χ3v) is 4.66. The van der Waals surface area contributed by atoms with Gasteiger partial charge in [0.05, 0.1) is 17.9 Å². The van der Waals surface area contributed by atoms with E-state index in [1.165, 1.54) is 9.47 Å². The molecule has 0 spiro atoms. The van der Waals surface area contributed by atoms with Crippen molar-refractivity contribution in [3.8, 4) is 17.0 Å². The number of aromatic hydroxyl groups is 1. The molecular weight excluding hydrogens is 338 g/mol. The number of nitrogens with one attached hydrogen (secondary N) is 1. The van der Waals surface area contributed by atoms with Crippen molar-refractivity contribution in [2.75, 3.05) is 6.54 Å². The summed E-state index contributed by atoms with van der Waals surface area (Å²) in [5, 5.41) is 18.7. The van der Waals surface area contributed by atoms with Crippen molar-refractivity contribution in [3.05, 3.63) is 40.9 Å². The zero-order chi connectivity index (χ0) is 18.3. The number of hydrogen-bond donors (Lipinski definition) is 3. The zero-order valence-corrected chi connectivity index (χ0v) is 13.8. The number of likely N-dealkylation sites (tertiary alicyclic amines) is 1. The minimum absolute atomic E-state index is 0.149. The number of phenols is 1. The van der Waals surface area contributed by atoms with E-state index >= 15 is 0 Å². The smallest absolute Gasteiger partial charge is 0.407 e. The monoisotopic (exact) mass is 355 g/mol. The molecule has 3 heterocycles. The highest BCUT2D eigenvalue weighted by Gasteiger charge is 2.29. The van der Waals surface area contributed by atoms with Gasteiger partial charge in [0.25, 0.3) is 0 Å². The third-order valence-electron chi connectivity index (χ3n) is 4.66. The maximum atomic E-state index is 12.3. The molecular formula is C17H17N5O4. The highest BCUT2D eigenvalue weighted by molar-refractivity contribution is 5.71. The summed E-state index contributed by atoms with van der Waals surface area (Å²) in [5.74, 6) is 0.149. The highest BCUT2D eigenvalue weighted by Crippen LogP contribution is 2.22. The summed E-state index contributed by atoms with van der Waals surface area (Å²) < 4.78 is 1.44. The predicted molar refractivity (Wildman–Crippen MR) is 93.0 cm³/mol. The lowest BCUT2D eigenvalue weighted by atomic mass is 10.1. The molecule has 1 amide bonds. The Bertz CT molecular complexity index is 1020. The molecule has 1 aliphatic heterocycles. The van der Waals surface area contributed by atoms with Crippen LogP contribution in [-0.4, -0.2) is 53.3 Å². The van der Waals surface area contributed by atoms with Crippen molar-refractivity contribution >= 4 is 17.4 Å². The van der Waals surface area contributed by atoms with Crippen LogP contribution >= 0.6 is 0 Å². The number of aromatic nitrogens is 4. The molecule has 26 heavy (non-hydrogen) atoms. The Balaban J connectivity index is 1.73. The number of imidazole rings is 1. The molecule has 4 rings (SSSR count). The Morgan fingerprint density at radius 2 is 2.08 bits per heavy atom. The second-order valence-electron chi connectivity index (χ2n) is 6.29. The quantitative estimate of drug-likeness (QED) is 0.656. The van der Waals surface area contributed by atoms with Crippen LogP contribution in [0.4, 0.5) is 4.79 Å². The number of amides is 1. The first kappa shape index (κ1) is 16.1. The van der Waals surface area contributed by atoms with Crippen molar-refractivity contribution in [1.29, 1.82) is 0 Å². The third kappa shape index (κ3) is 2.77. The molecule has 1 atom stereocenters. The van der Waals surface area contributed by atoms with Gasteiger partial charge in [0.1, 0.15) is 5.75 Å². The van der Waals surface area contributed by atoms with Gasteiger partial charge >= 0.3 is 11.8 Å².